The molecule has 5 heteroatoms. The summed E-state index contributed by atoms with van der Waals surface area (Å²) in [6.45, 7) is 4.63. The van der Waals surface area contributed by atoms with E-state index in [1.165, 1.54) is 0 Å². The number of amides is 2. The van der Waals surface area contributed by atoms with Crippen molar-refractivity contribution >= 4 is 17.5 Å². The highest BCUT2D eigenvalue weighted by atomic mass is 16.2. The lowest BCUT2D eigenvalue weighted by molar-refractivity contribution is 0.0950. The van der Waals surface area contributed by atoms with Crippen LogP contribution in [-0.4, -0.2) is 23.3 Å². The summed E-state index contributed by atoms with van der Waals surface area (Å²) in [5, 5.41) is 5.58. The van der Waals surface area contributed by atoms with Crippen LogP contribution in [0.5, 0.6) is 0 Å². The fraction of sp³-hybridized carbons (Fsp3) is 0.235. The highest BCUT2D eigenvalue weighted by Gasteiger charge is 2.14. The van der Waals surface area contributed by atoms with Crippen LogP contribution in [0.4, 0.5) is 5.69 Å². The Morgan fingerprint density at radius 1 is 1.05 bits per heavy atom. The lowest BCUT2D eigenvalue weighted by Gasteiger charge is -2.12. The summed E-state index contributed by atoms with van der Waals surface area (Å²) in [5.41, 5.74) is 1.21. The molecular formula is C17H19N3O2. The Hall–Kier alpha value is -2.69. The van der Waals surface area contributed by atoms with Crippen molar-refractivity contribution < 1.29 is 9.59 Å². The van der Waals surface area contributed by atoms with Crippen LogP contribution in [-0.2, 0) is 0 Å². The fourth-order valence-corrected chi connectivity index (χ4v) is 1.87. The van der Waals surface area contributed by atoms with Crippen molar-refractivity contribution in [2.24, 2.45) is 5.92 Å². The van der Waals surface area contributed by atoms with Gasteiger partial charge < -0.3 is 10.6 Å². The summed E-state index contributed by atoms with van der Waals surface area (Å²) in [6.07, 6.45) is 1.55. The van der Waals surface area contributed by atoms with Crippen molar-refractivity contribution in [2.45, 2.75) is 13.8 Å². The van der Waals surface area contributed by atoms with E-state index in [0.29, 0.717) is 29.4 Å². The van der Waals surface area contributed by atoms with Gasteiger partial charge in [-0.1, -0.05) is 32.0 Å². The van der Waals surface area contributed by atoms with Gasteiger partial charge in [0.15, 0.2) is 0 Å². The summed E-state index contributed by atoms with van der Waals surface area (Å²) in [5.74, 6) is -0.186. The first-order chi connectivity index (χ1) is 10.6. The maximum Gasteiger partial charge on any atom is 0.274 e. The molecule has 1 heterocycles. The molecular weight excluding hydrogens is 278 g/mol. The average molecular weight is 297 g/mol. The molecule has 0 bridgehead atoms. The number of rotatable bonds is 5. The lowest BCUT2D eigenvalue weighted by atomic mass is 10.1. The summed E-state index contributed by atoms with van der Waals surface area (Å²) in [4.78, 5) is 28.4. The second-order valence-electron chi connectivity index (χ2n) is 5.32. The summed E-state index contributed by atoms with van der Waals surface area (Å²) in [7, 11) is 0. The summed E-state index contributed by atoms with van der Waals surface area (Å²) < 4.78 is 0. The Morgan fingerprint density at radius 2 is 1.77 bits per heavy atom. The van der Waals surface area contributed by atoms with E-state index in [1.807, 2.05) is 13.8 Å². The van der Waals surface area contributed by atoms with Gasteiger partial charge in [-0.15, -0.1) is 0 Å². The number of nitrogens with one attached hydrogen (secondary N) is 2. The zero-order chi connectivity index (χ0) is 15.9. The van der Waals surface area contributed by atoms with Gasteiger partial charge in [0, 0.05) is 12.7 Å². The first-order valence-corrected chi connectivity index (χ1v) is 7.17. The molecule has 114 valence electrons. The van der Waals surface area contributed by atoms with Crippen LogP contribution in [0.25, 0.3) is 0 Å². The number of nitrogens with zero attached hydrogens (tertiary/aromatic N) is 1. The molecule has 1 aromatic heterocycles. The number of benzene rings is 1. The van der Waals surface area contributed by atoms with Gasteiger partial charge in [-0.05, 0) is 30.2 Å². The Bertz CT molecular complexity index is 654. The number of carbonyl (C=O) groups is 2. The predicted octanol–water partition coefficient (Wildman–Crippen LogP) is 2.72. The molecule has 0 aliphatic rings. The molecule has 0 aliphatic carbocycles. The van der Waals surface area contributed by atoms with E-state index < -0.39 is 0 Å². The van der Waals surface area contributed by atoms with Crippen LogP contribution in [0.3, 0.4) is 0 Å². The molecule has 2 N–H and O–H groups in total. The minimum absolute atomic E-state index is 0.203. The van der Waals surface area contributed by atoms with Crippen LogP contribution in [0.15, 0.2) is 48.7 Å². The van der Waals surface area contributed by atoms with Gasteiger partial charge in [0.05, 0.1) is 11.3 Å². The molecule has 0 fully saturated rings. The van der Waals surface area contributed by atoms with Crippen molar-refractivity contribution in [1.82, 2.24) is 10.3 Å². The van der Waals surface area contributed by atoms with E-state index in [9.17, 15) is 9.59 Å². The van der Waals surface area contributed by atoms with E-state index in [-0.39, 0.29) is 11.8 Å². The number of aromatic nitrogens is 1. The third kappa shape index (κ3) is 4.15. The molecule has 0 aliphatic heterocycles. The normalized spacial score (nSPS) is 10.3. The van der Waals surface area contributed by atoms with Gasteiger partial charge in [0.2, 0.25) is 0 Å². The highest BCUT2D eigenvalue weighted by Crippen LogP contribution is 2.16. The quantitative estimate of drug-likeness (QED) is 0.891. The Morgan fingerprint density at radius 3 is 2.45 bits per heavy atom. The molecule has 0 atom stereocenters. The number of anilines is 1. The smallest absolute Gasteiger partial charge is 0.274 e. The van der Waals surface area contributed by atoms with E-state index in [1.54, 1.807) is 48.7 Å². The monoisotopic (exact) mass is 297 g/mol. The van der Waals surface area contributed by atoms with E-state index in [0.717, 1.165) is 0 Å². The van der Waals surface area contributed by atoms with E-state index in [2.05, 4.69) is 15.6 Å². The largest absolute Gasteiger partial charge is 0.352 e. The van der Waals surface area contributed by atoms with Gasteiger partial charge in [0.25, 0.3) is 11.8 Å². The predicted molar refractivity (Wildman–Crippen MR) is 85.8 cm³/mol. The Labute approximate surface area is 129 Å². The first kappa shape index (κ1) is 15.7. The van der Waals surface area contributed by atoms with Crippen molar-refractivity contribution in [1.29, 1.82) is 0 Å². The van der Waals surface area contributed by atoms with E-state index in [4.69, 9.17) is 0 Å². The van der Waals surface area contributed by atoms with Gasteiger partial charge >= 0.3 is 0 Å². The molecule has 0 saturated carbocycles. The van der Waals surface area contributed by atoms with Crippen LogP contribution < -0.4 is 10.6 Å². The SMILES string of the molecule is CC(C)CNC(=O)c1ccccc1NC(=O)c1ccccn1. The maximum absolute atomic E-state index is 12.2. The van der Waals surface area contributed by atoms with Crippen LogP contribution in [0.2, 0.25) is 0 Å². The van der Waals surface area contributed by atoms with Gasteiger partial charge in [-0.3, -0.25) is 14.6 Å². The number of hydrogen-bond acceptors (Lipinski definition) is 3. The van der Waals surface area contributed by atoms with Gasteiger partial charge in [-0.2, -0.15) is 0 Å². The first-order valence-electron chi connectivity index (χ1n) is 7.17. The van der Waals surface area contributed by atoms with E-state index >= 15 is 0 Å². The Kier molecular flexibility index (Phi) is 5.25. The van der Waals surface area contributed by atoms with Crippen molar-refractivity contribution in [2.75, 3.05) is 11.9 Å². The van der Waals surface area contributed by atoms with Crippen molar-refractivity contribution in [3.05, 3.63) is 59.9 Å². The minimum atomic E-state index is -0.343. The maximum atomic E-state index is 12.2. The number of hydrogen-bond donors (Lipinski definition) is 2. The minimum Gasteiger partial charge on any atom is -0.352 e. The third-order valence-corrected chi connectivity index (χ3v) is 2.99. The molecule has 0 unspecified atom stereocenters. The highest BCUT2D eigenvalue weighted by molar-refractivity contribution is 6.08. The van der Waals surface area contributed by atoms with Gasteiger partial charge in [0.1, 0.15) is 5.69 Å². The van der Waals surface area contributed by atoms with Crippen LogP contribution in [0, 0.1) is 5.92 Å². The zero-order valence-electron chi connectivity index (χ0n) is 12.7. The lowest BCUT2D eigenvalue weighted by Crippen LogP contribution is -2.28. The molecule has 2 rings (SSSR count). The molecule has 22 heavy (non-hydrogen) atoms. The number of carbonyl (C=O) groups excluding carboxylic acids is 2. The second-order valence-corrected chi connectivity index (χ2v) is 5.32. The average Bonchev–Trinajstić information content (AvgIpc) is 2.54. The number of para-hydroxylation sites is 1. The molecule has 5 nitrogen and oxygen atoms in total. The second kappa shape index (κ2) is 7.36. The van der Waals surface area contributed by atoms with Crippen LogP contribution in [0.1, 0.15) is 34.7 Å². The van der Waals surface area contributed by atoms with Gasteiger partial charge in [-0.25, -0.2) is 0 Å². The molecule has 2 amide bonds. The molecule has 0 saturated heterocycles. The topological polar surface area (TPSA) is 71.1 Å². The third-order valence-electron chi connectivity index (χ3n) is 2.99. The van der Waals surface area contributed by atoms with Crippen LogP contribution >= 0.6 is 0 Å². The summed E-state index contributed by atoms with van der Waals surface area (Å²) >= 11 is 0. The molecule has 2 aromatic rings. The van der Waals surface area contributed by atoms with Crippen molar-refractivity contribution in [3.63, 3.8) is 0 Å². The standard InChI is InChI=1S/C17H19N3O2/c1-12(2)11-19-16(21)13-7-3-4-8-14(13)20-17(22)15-9-5-6-10-18-15/h3-10,12H,11H2,1-2H3,(H,19,21)(H,20,22). The molecule has 0 spiro atoms. The molecule has 0 radical (unpaired) electrons. The fourth-order valence-electron chi connectivity index (χ4n) is 1.87. The number of pyridine rings is 1. The molecule has 1 aromatic carbocycles. The summed E-state index contributed by atoms with van der Waals surface area (Å²) in [6, 6.07) is 12.0. The van der Waals surface area contributed by atoms with Crippen molar-refractivity contribution in [3.8, 4) is 0 Å². The Balaban J connectivity index is 2.15. The zero-order valence-corrected chi connectivity index (χ0v) is 12.7.